The number of nitrogens with one attached hydrogen (secondary N) is 2. The highest BCUT2D eigenvalue weighted by Gasteiger charge is 2.36. The normalized spacial score (nSPS) is 13.8. The Morgan fingerprint density at radius 3 is 2.33 bits per heavy atom. The van der Waals surface area contributed by atoms with Gasteiger partial charge in [-0.25, -0.2) is 4.79 Å². The molecule has 7 nitrogen and oxygen atoms in total. The van der Waals surface area contributed by atoms with E-state index in [-0.39, 0.29) is 19.1 Å². The molecule has 0 saturated heterocycles. The number of amides is 1. The lowest BCUT2D eigenvalue weighted by atomic mass is 10.0. The highest BCUT2D eigenvalue weighted by molar-refractivity contribution is 5.88. The number of methoxy groups -OCH3 is 3. The van der Waals surface area contributed by atoms with Crippen molar-refractivity contribution in [2.75, 3.05) is 47.6 Å². The summed E-state index contributed by atoms with van der Waals surface area (Å²) in [6.45, 7) is 2.77. The van der Waals surface area contributed by atoms with Crippen molar-refractivity contribution < 1.29 is 23.8 Å². The van der Waals surface area contributed by atoms with E-state index in [1.165, 1.54) is 14.2 Å². The van der Waals surface area contributed by atoms with Crippen molar-refractivity contribution in [3.63, 3.8) is 0 Å². The van der Waals surface area contributed by atoms with Gasteiger partial charge in [-0.3, -0.25) is 4.79 Å². The third kappa shape index (κ3) is 5.95. The van der Waals surface area contributed by atoms with E-state index in [2.05, 4.69) is 15.4 Å². The van der Waals surface area contributed by atoms with E-state index in [4.69, 9.17) is 9.47 Å². The van der Waals surface area contributed by atoms with Crippen molar-refractivity contribution in [1.29, 1.82) is 0 Å². The van der Waals surface area contributed by atoms with Crippen LogP contribution in [0, 0.1) is 0 Å². The van der Waals surface area contributed by atoms with Gasteiger partial charge in [0.15, 0.2) is 5.54 Å². The first-order chi connectivity index (χ1) is 8.50. The fourth-order valence-corrected chi connectivity index (χ4v) is 1.39. The third-order valence-corrected chi connectivity index (χ3v) is 2.25. The Kier molecular flexibility index (Phi) is 8.27. The summed E-state index contributed by atoms with van der Waals surface area (Å²) in [7, 11) is 4.29. The Morgan fingerprint density at radius 2 is 1.83 bits per heavy atom. The molecule has 0 aliphatic carbocycles. The first-order valence-electron chi connectivity index (χ1n) is 5.58. The van der Waals surface area contributed by atoms with Crippen molar-refractivity contribution in [2.45, 2.75) is 12.5 Å². The molecule has 0 saturated carbocycles. The van der Waals surface area contributed by atoms with Gasteiger partial charge in [0.05, 0.1) is 26.9 Å². The Morgan fingerprint density at radius 1 is 1.17 bits per heavy atom. The van der Waals surface area contributed by atoms with E-state index in [1.807, 2.05) is 0 Å². The zero-order valence-corrected chi connectivity index (χ0v) is 11.4. The third-order valence-electron chi connectivity index (χ3n) is 2.25. The second-order valence-electron chi connectivity index (χ2n) is 3.97. The molecule has 0 aliphatic heterocycles. The van der Waals surface area contributed by atoms with Crippen LogP contribution in [-0.2, 0) is 23.8 Å². The highest BCUT2D eigenvalue weighted by Crippen LogP contribution is 2.06. The molecule has 0 heterocycles. The summed E-state index contributed by atoms with van der Waals surface area (Å²) < 4.78 is 14.4. The van der Waals surface area contributed by atoms with E-state index < -0.39 is 11.5 Å². The smallest absolute Gasteiger partial charge is 0.333 e. The fraction of sp³-hybridized carbons (Fsp3) is 0.818. The summed E-state index contributed by atoms with van der Waals surface area (Å²) in [5.74, 6) is -0.856. The van der Waals surface area contributed by atoms with Crippen LogP contribution in [0.1, 0.15) is 6.92 Å². The Balaban J connectivity index is 4.23. The molecule has 0 aromatic rings. The average Bonchev–Trinajstić information content (AvgIpc) is 2.33. The van der Waals surface area contributed by atoms with Gasteiger partial charge < -0.3 is 24.8 Å². The quantitative estimate of drug-likeness (QED) is 0.406. The summed E-state index contributed by atoms with van der Waals surface area (Å²) >= 11 is 0. The Bertz CT molecular complexity index is 272. The van der Waals surface area contributed by atoms with Crippen LogP contribution in [0.4, 0.5) is 0 Å². The van der Waals surface area contributed by atoms with Crippen LogP contribution in [0.15, 0.2) is 0 Å². The molecule has 7 heteroatoms. The van der Waals surface area contributed by atoms with Crippen LogP contribution in [0.3, 0.4) is 0 Å². The van der Waals surface area contributed by atoms with Crippen LogP contribution in [0.2, 0.25) is 0 Å². The van der Waals surface area contributed by atoms with Crippen molar-refractivity contribution in [2.24, 2.45) is 0 Å². The maximum atomic E-state index is 11.6. The van der Waals surface area contributed by atoms with Gasteiger partial charge in [-0.05, 0) is 6.92 Å². The topological polar surface area (TPSA) is 85.9 Å². The molecule has 0 aromatic carbocycles. The zero-order valence-electron chi connectivity index (χ0n) is 11.4. The van der Waals surface area contributed by atoms with Crippen molar-refractivity contribution in [1.82, 2.24) is 10.6 Å². The highest BCUT2D eigenvalue weighted by atomic mass is 16.5. The van der Waals surface area contributed by atoms with Crippen LogP contribution < -0.4 is 10.6 Å². The van der Waals surface area contributed by atoms with E-state index >= 15 is 0 Å². The largest absolute Gasteiger partial charge is 0.467 e. The van der Waals surface area contributed by atoms with Gasteiger partial charge >= 0.3 is 5.97 Å². The molecule has 0 bridgehead atoms. The lowest BCUT2D eigenvalue weighted by Gasteiger charge is -2.27. The van der Waals surface area contributed by atoms with Crippen molar-refractivity contribution >= 4 is 11.9 Å². The summed E-state index contributed by atoms with van der Waals surface area (Å²) in [5, 5.41) is 5.46. The van der Waals surface area contributed by atoms with Crippen LogP contribution in [0.25, 0.3) is 0 Å². The van der Waals surface area contributed by atoms with Gasteiger partial charge in [-0.1, -0.05) is 0 Å². The SMILES string of the molecule is COCCNCC(=O)NC(C)(COC)C(=O)OC. The summed E-state index contributed by atoms with van der Waals surface area (Å²) in [4.78, 5) is 23.2. The number of esters is 1. The lowest BCUT2D eigenvalue weighted by Crippen LogP contribution is -2.57. The molecule has 0 radical (unpaired) electrons. The molecule has 1 unspecified atom stereocenters. The van der Waals surface area contributed by atoms with Crippen molar-refractivity contribution in [3.8, 4) is 0 Å². The molecule has 0 rings (SSSR count). The van der Waals surface area contributed by atoms with Crippen LogP contribution in [-0.4, -0.2) is 65.0 Å². The predicted octanol–water partition coefficient (Wildman–Crippen LogP) is -1.08. The molecule has 0 spiro atoms. The standard InChI is InChI=1S/C11H22N2O5/c1-11(8-17-3,10(15)18-4)13-9(14)7-12-5-6-16-2/h12H,5-8H2,1-4H3,(H,13,14). The zero-order chi connectivity index (χ0) is 14.0. The van der Waals surface area contributed by atoms with Gasteiger partial charge in [0.2, 0.25) is 5.91 Å². The fourth-order valence-electron chi connectivity index (χ4n) is 1.39. The number of ether oxygens (including phenoxy) is 3. The van der Waals surface area contributed by atoms with Crippen LogP contribution >= 0.6 is 0 Å². The van der Waals surface area contributed by atoms with Crippen LogP contribution in [0.5, 0.6) is 0 Å². The van der Waals surface area contributed by atoms with Gasteiger partial charge in [-0.2, -0.15) is 0 Å². The van der Waals surface area contributed by atoms with Gasteiger partial charge in [-0.15, -0.1) is 0 Å². The number of carbonyl (C=O) groups is 2. The minimum absolute atomic E-state index is 0.0451. The molecular formula is C11H22N2O5. The lowest BCUT2D eigenvalue weighted by molar-refractivity contribution is -0.152. The summed E-state index contributed by atoms with van der Waals surface area (Å²) in [5.41, 5.74) is -1.18. The number of hydrogen-bond donors (Lipinski definition) is 2. The summed E-state index contributed by atoms with van der Waals surface area (Å²) in [6, 6.07) is 0. The second kappa shape index (κ2) is 8.84. The average molecular weight is 262 g/mol. The maximum Gasteiger partial charge on any atom is 0.333 e. The molecule has 1 amide bonds. The van der Waals surface area contributed by atoms with Crippen molar-refractivity contribution in [3.05, 3.63) is 0 Å². The van der Waals surface area contributed by atoms with Gasteiger partial charge in [0.25, 0.3) is 0 Å². The number of rotatable bonds is 9. The Hall–Kier alpha value is -1.18. The predicted molar refractivity (Wildman–Crippen MR) is 65.2 cm³/mol. The molecule has 106 valence electrons. The Labute approximate surface area is 107 Å². The van der Waals surface area contributed by atoms with Gasteiger partial charge in [0.1, 0.15) is 0 Å². The number of hydrogen-bond acceptors (Lipinski definition) is 6. The monoisotopic (exact) mass is 262 g/mol. The molecular weight excluding hydrogens is 240 g/mol. The molecule has 2 N–H and O–H groups in total. The molecule has 0 fully saturated rings. The van der Waals surface area contributed by atoms with E-state index in [1.54, 1.807) is 14.0 Å². The molecule has 0 aromatic heterocycles. The maximum absolute atomic E-state index is 11.6. The number of carbonyl (C=O) groups excluding carboxylic acids is 2. The van der Waals surface area contributed by atoms with E-state index in [0.717, 1.165) is 0 Å². The first kappa shape index (κ1) is 16.8. The molecule has 1 atom stereocenters. The molecule has 0 aliphatic rings. The van der Waals surface area contributed by atoms with E-state index in [0.29, 0.717) is 13.2 Å². The first-order valence-corrected chi connectivity index (χ1v) is 5.58. The second-order valence-corrected chi connectivity index (χ2v) is 3.97. The van der Waals surface area contributed by atoms with E-state index in [9.17, 15) is 9.59 Å². The summed E-state index contributed by atoms with van der Waals surface area (Å²) in [6.07, 6.45) is 0. The van der Waals surface area contributed by atoms with Gasteiger partial charge in [0, 0.05) is 20.8 Å². The minimum Gasteiger partial charge on any atom is -0.467 e. The minimum atomic E-state index is -1.18. The molecule has 18 heavy (non-hydrogen) atoms.